The zero-order chi connectivity index (χ0) is 19.7. The van der Waals surface area contributed by atoms with Crippen LogP contribution in [0.3, 0.4) is 0 Å². The van der Waals surface area contributed by atoms with Gasteiger partial charge in [0.1, 0.15) is 5.75 Å². The van der Waals surface area contributed by atoms with Crippen molar-refractivity contribution in [3.05, 3.63) is 53.6 Å². The van der Waals surface area contributed by atoms with Gasteiger partial charge in [0.2, 0.25) is 15.9 Å². The number of benzene rings is 2. The summed E-state index contributed by atoms with van der Waals surface area (Å²) in [5.41, 5.74) is 1.02. The molecule has 1 heterocycles. The molecular formula is C19H21ClN2O4S. The van der Waals surface area contributed by atoms with E-state index >= 15 is 0 Å². The number of carbonyl (C=O) groups excluding carboxylic acids is 1. The molecule has 0 spiro atoms. The third-order valence-corrected chi connectivity index (χ3v) is 7.42. The van der Waals surface area contributed by atoms with Crippen LogP contribution in [-0.4, -0.2) is 32.2 Å². The molecule has 2 aromatic carbocycles. The highest BCUT2D eigenvalue weighted by Gasteiger charge is 2.54. The van der Waals surface area contributed by atoms with Gasteiger partial charge < -0.3 is 10.1 Å². The zero-order valence-corrected chi connectivity index (χ0v) is 16.7. The molecule has 0 unspecified atom stereocenters. The summed E-state index contributed by atoms with van der Waals surface area (Å²) in [6.45, 7) is 4.12. The molecule has 1 saturated heterocycles. The van der Waals surface area contributed by atoms with E-state index in [0.717, 1.165) is 0 Å². The first-order chi connectivity index (χ1) is 12.8. The lowest BCUT2D eigenvalue weighted by atomic mass is 10.1. The van der Waals surface area contributed by atoms with Gasteiger partial charge in [-0.05, 0) is 68.8 Å². The van der Waals surface area contributed by atoms with Crippen molar-refractivity contribution in [2.75, 3.05) is 22.8 Å². The van der Waals surface area contributed by atoms with Crippen LogP contribution in [0.4, 0.5) is 11.4 Å². The quantitative estimate of drug-likeness (QED) is 0.818. The number of nitrogens with zero attached hydrogens (tertiary/aromatic N) is 1. The highest BCUT2D eigenvalue weighted by molar-refractivity contribution is 7.95. The molecule has 144 valence electrons. The van der Waals surface area contributed by atoms with Crippen molar-refractivity contribution in [1.29, 1.82) is 0 Å². The Kier molecular flexibility index (Phi) is 5.35. The number of ether oxygens (including phenoxy) is 1. The van der Waals surface area contributed by atoms with Gasteiger partial charge in [0.25, 0.3) is 0 Å². The van der Waals surface area contributed by atoms with Gasteiger partial charge in [0.15, 0.2) is 4.75 Å². The van der Waals surface area contributed by atoms with Gasteiger partial charge in [0.05, 0.1) is 12.3 Å². The Morgan fingerprint density at radius 1 is 1.19 bits per heavy atom. The number of sulfonamides is 1. The first-order valence-electron chi connectivity index (χ1n) is 8.60. The zero-order valence-electron chi connectivity index (χ0n) is 15.1. The fraction of sp³-hybridized carbons (Fsp3) is 0.316. The highest BCUT2D eigenvalue weighted by atomic mass is 35.5. The summed E-state index contributed by atoms with van der Waals surface area (Å²) in [6, 6.07) is 13.3. The Morgan fingerprint density at radius 3 is 2.41 bits per heavy atom. The Morgan fingerprint density at radius 2 is 1.81 bits per heavy atom. The molecule has 1 amide bonds. The minimum Gasteiger partial charge on any atom is -0.494 e. The molecule has 0 radical (unpaired) electrons. The molecule has 0 saturated carbocycles. The third kappa shape index (κ3) is 3.61. The van der Waals surface area contributed by atoms with E-state index in [4.69, 9.17) is 16.3 Å². The minimum atomic E-state index is -3.88. The molecule has 1 aliphatic rings. The van der Waals surface area contributed by atoms with Gasteiger partial charge in [-0.25, -0.2) is 8.42 Å². The SMILES string of the molecule is CCOc1ccc(NC(=O)[C@]2(C)CCN(c3ccc(Cl)cc3)S2(=O)=O)cc1. The molecule has 0 bridgehead atoms. The first-order valence-corrected chi connectivity index (χ1v) is 10.4. The third-order valence-electron chi connectivity index (χ3n) is 4.67. The van der Waals surface area contributed by atoms with E-state index in [1.165, 1.54) is 11.2 Å². The lowest BCUT2D eigenvalue weighted by Gasteiger charge is -2.25. The van der Waals surface area contributed by atoms with Crippen LogP contribution in [0.2, 0.25) is 5.02 Å². The van der Waals surface area contributed by atoms with Crippen LogP contribution in [-0.2, 0) is 14.8 Å². The summed E-state index contributed by atoms with van der Waals surface area (Å²) >= 11 is 5.88. The van der Waals surface area contributed by atoms with E-state index in [0.29, 0.717) is 28.8 Å². The maximum atomic E-state index is 13.1. The van der Waals surface area contributed by atoms with Gasteiger partial charge in [-0.3, -0.25) is 9.10 Å². The number of hydrogen-bond acceptors (Lipinski definition) is 4. The van der Waals surface area contributed by atoms with Crippen LogP contribution in [0.1, 0.15) is 20.3 Å². The van der Waals surface area contributed by atoms with Crippen molar-refractivity contribution in [3.8, 4) is 5.75 Å². The summed E-state index contributed by atoms with van der Waals surface area (Å²) in [4.78, 5) is 12.8. The topological polar surface area (TPSA) is 75.7 Å². The molecule has 2 aromatic rings. The van der Waals surface area contributed by atoms with Crippen LogP contribution in [0, 0.1) is 0 Å². The van der Waals surface area contributed by atoms with Crippen molar-refractivity contribution in [1.82, 2.24) is 0 Å². The summed E-state index contributed by atoms with van der Waals surface area (Å²) in [5.74, 6) is 0.132. The Labute approximate surface area is 164 Å². The molecule has 8 heteroatoms. The molecule has 0 aliphatic carbocycles. The molecule has 0 aromatic heterocycles. The van der Waals surface area contributed by atoms with Crippen molar-refractivity contribution >= 4 is 38.9 Å². The van der Waals surface area contributed by atoms with Gasteiger partial charge in [-0.1, -0.05) is 11.6 Å². The standard InChI is InChI=1S/C19H21ClN2O4S/c1-3-26-17-10-6-15(7-11-17)21-18(23)19(2)12-13-22(27(19,24)25)16-8-4-14(20)5-9-16/h4-11H,3,12-13H2,1-2H3,(H,21,23)/t19-/m0/s1. The van der Waals surface area contributed by atoms with E-state index in [1.54, 1.807) is 48.5 Å². The summed E-state index contributed by atoms with van der Waals surface area (Å²) in [7, 11) is -3.88. The van der Waals surface area contributed by atoms with Gasteiger partial charge in [-0.2, -0.15) is 0 Å². The van der Waals surface area contributed by atoms with Gasteiger partial charge >= 0.3 is 0 Å². The summed E-state index contributed by atoms with van der Waals surface area (Å²) in [6.07, 6.45) is 0.195. The second kappa shape index (κ2) is 7.40. The van der Waals surface area contributed by atoms with Crippen molar-refractivity contribution in [3.63, 3.8) is 0 Å². The maximum Gasteiger partial charge on any atom is 0.249 e. The van der Waals surface area contributed by atoms with Crippen LogP contribution in [0.25, 0.3) is 0 Å². The number of amides is 1. The van der Waals surface area contributed by atoms with Crippen molar-refractivity contribution in [2.45, 2.75) is 25.0 Å². The lowest BCUT2D eigenvalue weighted by Crippen LogP contribution is -2.47. The predicted octanol–water partition coefficient (Wildman–Crippen LogP) is 3.68. The van der Waals surface area contributed by atoms with Gasteiger partial charge in [-0.15, -0.1) is 0 Å². The number of rotatable bonds is 5. The van der Waals surface area contributed by atoms with Crippen LogP contribution < -0.4 is 14.4 Å². The van der Waals surface area contributed by atoms with E-state index in [9.17, 15) is 13.2 Å². The van der Waals surface area contributed by atoms with Crippen molar-refractivity contribution in [2.24, 2.45) is 0 Å². The lowest BCUT2D eigenvalue weighted by molar-refractivity contribution is -0.118. The van der Waals surface area contributed by atoms with Gasteiger partial charge in [0, 0.05) is 17.3 Å². The second-order valence-electron chi connectivity index (χ2n) is 6.45. The molecular weight excluding hydrogens is 388 g/mol. The maximum absolute atomic E-state index is 13.1. The molecule has 27 heavy (non-hydrogen) atoms. The Balaban J connectivity index is 1.80. The summed E-state index contributed by atoms with van der Waals surface area (Å²) in [5, 5.41) is 3.23. The first kappa shape index (κ1) is 19.5. The number of anilines is 2. The molecule has 1 atom stereocenters. The monoisotopic (exact) mass is 408 g/mol. The predicted molar refractivity (Wildman–Crippen MR) is 107 cm³/mol. The number of halogens is 1. The average Bonchev–Trinajstić information content (AvgIpc) is 2.88. The molecule has 3 rings (SSSR count). The molecule has 1 aliphatic heterocycles. The number of carbonyl (C=O) groups is 1. The van der Waals surface area contributed by atoms with E-state index < -0.39 is 20.7 Å². The molecule has 6 nitrogen and oxygen atoms in total. The largest absolute Gasteiger partial charge is 0.494 e. The fourth-order valence-corrected chi connectivity index (χ4v) is 4.96. The van der Waals surface area contributed by atoms with Crippen LogP contribution >= 0.6 is 11.6 Å². The second-order valence-corrected chi connectivity index (χ2v) is 9.17. The normalized spacial score (nSPS) is 21.1. The smallest absolute Gasteiger partial charge is 0.249 e. The van der Waals surface area contributed by atoms with E-state index in [-0.39, 0.29) is 13.0 Å². The average molecular weight is 409 g/mol. The minimum absolute atomic E-state index is 0.195. The van der Waals surface area contributed by atoms with E-state index in [1.807, 2.05) is 6.92 Å². The molecule has 1 fully saturated rings. The number of nitrogens with one attached hydrogen (secondary N) is 1. The Bertz CT molecular complexity index is 929. The van der Waals surface area contributed by atoms with Crippen LogP contribution in [0.5, 0.6) is 5.75 Å². The number of hydrogen-bond donors (Lipinski definition) is 1. The van der Waals surface area contributed by atoms with Crippen LogP contribution in [0.15, 0.2) is 48.5 Å². The highest BCUT2D eigenvalue weighted by Crippen LogP contribution is 2.37. The molecule has 1 N–H and O–H groups in total. The van der Waals surface area contributed by atoms with E-state index in [2.05, 4.69) is 5.32 Å². The summed E-state index contributed by atoms with van der Waals surface area (Å²) < 4.78 is 31.2. The van der Waals surface area contributed by atoms with Crippen molar-refractivity contribution < 1.29 is 17.9 Å². The fourth-order valence-electron chi connectivity index (χ4n) is 2.98. The Hall–Kier alpha value is -2.25.